The van der Waals surface area contributed by atoms with Gasteiger partial charge >= 0.3 is 6.36 Å². The van der Waals surface area contributed by atoms with Crippen molar-refractivity contribution in [2.45, 2.75) is 20.2 Å². The number of alkyl halides is 3. The third kappa shape index (κ3) is 3.84. The van der Waals surface area contributed by atoms with Gasteiger partial charge < -0.3 is 10.1 Å². The Morgan fingerprint density at radius 2 is 1.95 bits per heavy atom. The Balaban J connectivity index is 2.49. The van der Waals surface area contributed by atoms with Gasteiger partial charge in [0.05, 0.1) is 5.69 Å². The third-order valence-electron chi connectivity index (χ3n) is 2.67. The first-order valence-electron chi connectivity index (χ1n) is 6.33. The number of rotatable bonds is 4. The highest BCUT2D eigenvalue weighted by Crippen LogP contribution is 2.34. The molecule has 0 aliphatic heterocycles. The number of para-hydroxylation sites is 1. The van der Waals surface area contributed by atoms with Crippen molar-refractivity contribution in [3.63, 3.8) is 0 Å². The summed E-state index contributed by atoms with van der Waals surface area (Å²) in [6, 6.07) is 5.91. The fraction of sp³-hybridized carbons (Fsp3) is 0.286. The van der Waals surface area contributed by atoms with E-state index >= 15 is 0 Å². The highest BCUT2D eigenvalue weighted by atomic mass is 19.4. The number of aryl methyl sites for hydroxylation is 1. The zero-order valence-electron chi connectivity index (χ0n) is 11.5. The second-order valence-corrected chi connectivity index (χ2v) is 4.30. The lowest BCUT2D eigenvalue weighted by atomic mass is 10.1. The Bertz CT molecular complexity index is 629. The molecule has 0 fully saturated rings. The van der Waals surface area contributed by atoms with Gasteiger partial charge in [-0.15, -0.1) is 13.2 Å². The zero-order chi connectivity index (χ0) is 15.5. The van der Waals surface area contributed by atoms with Gasteiger partial charge in [-0.25, -0.2) is 9.97 Å². The molecule has 1 aromatic carbocycles. The summed E-state index contributed by atoms with van der Waals surface area (Å²) in [6.45, 7) is 4.22. The van der Waals surface area contributed by atoms with Crippen molar-refractivity contribution >= 4 is 5.95 Å². The van der Waals surface area contributed by atoms with E-state index in [2.05, 4.69) is 20.0 Å². The first kappa shape index (κ1) is 15.1. The number of hydrogen-bond donors (Lipinski definition) is 1. The summed E-state index contributed by atoms with van der Waals surface area (Å²) in [5.41, 5.74) is 1.34. The fourth-order valence-corrected chi connectivity index (χ4v) is 1.83. The van der Waals surface area contributed by atoms with Gasteiger partial charge in [-0.1, -0.05) is 12.1 Å². The maximum absolute atomic E-state index is 12.5. The van der Waals surface area contributed by atoms with Crippen molar-refractivity contribution in [3.05, 3.63) is 36.0 Å². The summed E-state index contributed by atoms with van der Waals surface area (Å²) < 4.78 is 41.5. The van der Waals surface area contributed by atoms with Crippen LogP contribution in [0, 0.1) is 6.92 Å². The molecule has 0 saturated carbocycles. The van der Waals surface area contributed by atoms with Crippen LogP contribution in [-0.4, -0.2) is 22.9 Å². The summed E-state index contributed by atoms with van der Waals surface area (Å²) in [4.78, 5) is 8.33. The van der Waals surface area contributed by atoms with E-state index in [-0.39, 0.29) is 11.3 Å². The molecule has 112 valence electrons. The number of aromatic nitrogens is 2. The Morgan fingerprint density at radius 1 is 1.24 bits per heavy atom. The van der Waals surface area contributed by atoms with Crippen LogP contribution in [-0.2, 0) is 0 Å². The second kappa shape index (κ2) is 5.99. The second-order valence-electron chi connectivity index (χ2n) is 4.30. The van der Waals surface area contributed by atoms with E-state index < -0.39 is 6.36 Å². The minimum absolute atomic E-state index is 0.272. The topological polar surface area (TPSA) is 47.0 Å². The standard InChI is InChI=1S/C14H14F3N3O/c1-3-18-13-19-8-9(2)12(20-13)10-6-4-5-7-11(10)21-14(15,16)17/h4-8H,3H2,1-2H3,(H,18,19,20). The van der Waals surface area contributed by atoms with Gasteiger partial charge in [0.1, 0.15) is 5.75 Å². The van der Waals surface area contributed by atoms with Crippen LogP contribution in [0.1, 0.15) is 12.5 Å². The van der Waals surface area contributed by atoms with Crippen LogP contribution in [0.2, 0.25) is 0 Å². The number of nitrogens with zero attached hydrogens (tertiary/aromatic N) is 2. The maximum atomic E-state index is 12.5. The highest BCUT2D eigenvalue weighted by Gasteiger charge is 2.32. The van der Waals surface area contributed by atoms with E-state index in [0.29, 0.717) is 23.8 Å². The molecule has 0 amide bonds. The zero-order valence-corrected chi connectivity index (χ0v) is 11.5. The number of ether oxygens (including phenoxy) is 1. The first-order valence-corrected chi connectivity index (χ1v) is 6.33. The van der Waals surface area contributed by atoms with Gasteiger partial charge in [0.2, 0.25) is 5.95 Å². The van der Waals surface area contributed by atoms with Crippen molar-refractivity contribution < 1.29 is 17.9 Å². The average Bonchev–Trinajstić information content (AvgIpc) is 2.40. The molecule has 0 unspecified atom stereocenters. The Kier molecular flexibility index (Phi) is 4.30. The molecule has 2 aromatic rings. The Labute approximate surface area is 120 Å². The van der Waals surface area contributed by atoms with Gasteiger partial charge in [-0.3, -0.25) is 0 Å². The average molecular weight is 297 g/mol. The van der Waals surface area contributed by atoms with E-state index in [9.17, 15) is 13.2 Å². The van der Waals surface area contributed by atoms with Gasteiger partial charge in [0.15, 0.2) is 0 Å². The van der Waals surface area contributed by atoms with Crippen molar-refractivity contribution in [1.82, 2.24) is 9.97 Å². The van der Waals surface area contributed by atoms with Crippen LogP contribution < -0.4 is 10.1 Å². The van der Waals surface area contributed by atoms with Crippen LogP contribution in [0.3, 0.4) is 0 Å². The molecule has 21 heavy (non-hydrogen) atoms. The van der Waals surface area contributed by atoms with Gasteiger partial charge in [0.25, 0.3) is 0 Å². The quantitative estimate of drug-likeness (QED) is 0.933. The molecule has 4 nitrogen and oxygen atoms in total. The molecule has 0 aliphatic carbocycles. The lowest BCUT2D eigenvalue weighted by molar-refractivity contribution is -0.274. The Morgan fingerprint density at radius 3 is 2.62 bits per heavy atom. The minimum Gasteiger partial charge on any atom is -0.405 e. The minimum atomic E-state index is -4.75. The van der Waals surface area contributed by atoms with E-state index in [1.165, 1.54) is 18.2 Å². The van der Waals surface area contributed by atoms with Crippen molar-refractivity contribution in [1.29, 1.82) is 0 Å². The molecule has 7 heteroatoms. The van der Waals surface area contributed by atoms with Gasteiger partial charge in [-0.2, -0.15) is 0 Å². The van der Waals surface area contributed by atoms with Crippen LogP contribution >= 0.6 is 0 Å². The maximum Gasteiger partial charge on any atom is 0.573 e. The number of nitrogens with one attached hydrogen (secondary N) is 1. The number of hydrogen-bond acceptors (Lipinski definition) is 4. The largest absolute Gasteiger partial charge is 0.573 e. The predicted octanol–water partition coefficient (Wildman–Crippen LogP) is 3.78. The van der Waals surface area contributed by atoms with Crippen LogP contribution in [0.4, 0.5) is 19.1 Å². The predicted molar refractivity (Wildman–Crippen MR) is 73.1 cm³/mol. The van der Waals surface area contributed by atoms with Crippen molar-refractivity contribution in [2.24, 2.45) is 0 Å². The normalized spacial score (nSPS) is 11.3. The SMILES string of the molecule is CCNc1ncc(C)c(-c2ccccc2OC(F)(F)F)n1. The lowest BCUT2D eigenvalue weighted by Gasteiger charge is -2.14. The van der Waals surface area contributed by atoms with Gasteiger partial charge in [-0.05, 0) is 31.5 Å². The molecule has 2 rings (SSSR count). The summed E-state index contributed by atoms with van der Waals surface area (Å²) in [7, 11) is 0. The Hall–Kier alpha value is -2.31. The van der Waals surface area contributed by atoms with Crippen LogP contribution in [0.5, 0.6) is 5.75 Å². The van der Waals surface area contributed by atoms with Gasteiger partial charge in [0, 0.05) is 18.3 Å². The summed E-state index contributed by atoms with van der Waals surface area (Å²) in [5, 5.41) is 2.93. The highest BCUT2D eigenvalue weighted by molar-refractivity contribution is 5.70. The molecule has 0 bridgehead atoms. The molecule has 0 aliphatic rings. The monoisotopic (exact) mass is 297 g/mol. The number of benzene rings is 1. The van der Waals surface area contributed by atoms with E-state index in [1.54, 1.807) is 19.2 Å². The fourth-order valence-electron chi connectivity index (χ4n) is 1.83. The summed E-state index contributed by atoms with van der Waals surface area (Å²) >= 11 is 0. The number of halogens is 3. The third-order valence-corrected chi connectivity index (χ3v) is 2.67. The molecular formula is C14H14F3N3O. The van der Waals surface area contributed by atoms with Crippen molar-refractivity contribution in [2.75, 3.05) is 11.9 Å². The van der Waals surface area contributed by atoms with Crippen LogP contribution in [0.25, 0.3) is 11.3 Å². The molecule has 1 N–H and O–H groups in total. The smallest absolute Gasteiger partial charge is 0.405 e. The van der Waals surface area contributed by atoms with E-state index in [0.717, 1.165) is 0 Å². The summed E-state index contributed by atoms with van der Waals surface area (Å²) in [6.07, 6.45) is -3.19. The molecule has 0 saturated heterocycles. The molecular weight excluding hydrogens is 283 g/mol. The van der Waals surface area contributed by atoms with E-state index in [4.69, 9.17) is 0 Å². The van der Waals surface area contributed by atoms with Crippen LogP contribution in [0.15, 0.2) is 30.5 Å². The van der Waals surface area contributed by atoms with E-state index in [1.807, 2.05) is 6.92 Å². The molecule has 0 atom stereocenters. The molecule has 1 heterocycles. The molecule has 0 radical (unpaired) electrons. The molecule has 1 aromatic heterocycles. The number of anilines is 1. The lowest BCUT2D eigenvalue weighted by Crippen LogP contribution is -2.17. The summed E-state index contributed by atoms with van der Waals surface area (Å²) in [5.74, 6) is 0.0779. The van der Waals surface area contributed by atoms with Crippen molar-refractivity contribution in [3.8, 4) is 17.0 Å². The molecule has 0 spiro atoms. The first-order chi connectivity index (χ1) is 9.90.